The molecule has 0 aliphatic carbocycles. The van der Waals surface area contributed by atoms with Crippen LogP contribution in [-0.4, -0.2) is 40.0 Å². The number of ketones is 2. The van der Waals surface area contributed by atoms with Gasteiger partial charge in [0, 0.05) is 11.8 Å². The predicted octanol–water partition coefficient (Wildman–Crippen LogP) is -0.635. The van der Waals surface area contributed by atoms with Crippen LogP contribution >= 0.6 is 0 Å². The average Bonchev–Trinajstić information content (AvgIpc) is 2.63. The molecule has 0 saturated heterocycles. The molecule has 0 saturated carbocycles. The molecule has 1 aromatic heterocycles. The number of hydrogen-bond donors (Lipinski definition) is 3. The van der Waals surface area contributed by atoms with Gasteiger partial charge in [-0.15, -0.1) is 0 Å². The van der Waals surface area contributed by atoms with Crippen molar-refractivity contribution < 1.29 is 19.8 Å². The van der Waals surface area contributed by atoms with Crippen LogP contribution in [0.2, 0.25) is 0 Å². The molecule has 1 aromatic rings. The lowest BCUT2D eigenvalue weighted by molar-refractivity contribution is 0.0869. The molecule has 0 spiro atoms. The fourth-order valence-corrected chi connectivity index (χ4v) is 0.997. The van der Waals surface area contributed by atoms with E-state index in [1.807, 2.05) is 0 Å². The molecule has 5 heteroatoms. The Kier molecular flexibility index (Phi) is 2.94. The van der Waals surface area contributed by atoms with Crippen LogP contribution in [0.1, 0.15) is 20.8 Å². The van der Waals surface area contributed by atoms with Crippen molar-refractivity contribution in [3.05, 3.63) is 23.5 Å². The van der Waals surface area contributed by atoms with Crippen LogP contribution in [0.5, 0.6) is 0 Å². The zero-order valence-corrected chi connectivity index (χ0v) is 6.78. The van der Waals surface area contributed by atoms with Crippen molar-refractivity contribution in [1.82, 2.24) is 4.98 Å². The van der Waals surface area contributed by atoms with Crippen molar-refractivity contribution in [3.8, 4) is 0 Å². The van der Waals surface area contributed by atoms with E-state index in [9.17, 15) is 9.59 Å². The van der Waals surface area contributed by atoms with E-state index >= 15 is 0 Å². The summed E-state index contributed by atoms with van der Waals surface area (Å²) in [5, 5.41) is 17.1. The second-order valence-corrected chi connectivity index (χ2v) is 2.43. The predicted molar refractivity (Wildman–Crippen MR) is 43.6 cm³/mol. The van der Waals surface area contributed by atoms with Crippen LogP contribution in [-0.2, 0) is 0 Å². The van der Waals surface area contributed by atoms with E-state index < -0.39 is 24.8 Å². The van der Waals surface area contributed by atoms with Crippen LogP contribution in [0.3, 0.4) is 0 Å². The van der Waals surface area contributed by atoms with Crippen molar-refractivity contribution in [2.45, 2.75) is 0 Å². The molecule has 0 atom stereocenters. The highest BCUT2D eigenvalue weighted by Gasteiger charge is 2.16. The van der Waals surface area contributed by atoms with E-state index in [-0.39, 0.29) is 11.3 Å². The monoisotopic (exact) mass is 183 g/mol. The first-order valence-electron chi connectivity index (χ1n) is 3.66. The molecule has 13 heavy (non-hydrogen) atoms. The molecule has 70 valence electrons. The van der Waals surface area contributed by atoms with Gasteiger partial charge in [-0.2, -0.15) is 0 Å². The van der Waals surface area contributed by atoms with Crippen LogP contribution in [0, 0.1) is 0 Å². The Morgan fingerprint density at radius 3 is 2.38 bits per heavy atom. The second-order valence-electron chi connectivity index (χ2n) is 2.43. The number of H-pyrrole nitrogens is 1. The largest absolute Gasteiger partial charge is 0.388 e. The van der Waals surface area contributed by atoms with Crippen molar-refractivity contribution >= 4 is 11.6 Å². The minimum Gasteiger partial charge on any atom is -0.388 e. The van der Waals surface area contributed by atoms with Gasteiger partial charge in [0.25, 0.3) is 0 Å². The van der Waals surface area contributed by atoms with Crippen LogP contribution in [0.15, 0.2) is 12.3 Å². The van der Waals surface area contributed by atoms with Crippen molar-refractivity contribution in [2.75, 3.05) is 13.2 Å². The first kappa shape index (κ1) is 9.63. The maximum Gasteiger partial charge on any atom is 0.205 e. The summed E-state index contributed by atoms with van der Waals surface area (Å²) >= 11 is 0. The first-order chi connectivity index (χ1) is 6.20. The number of aromatic amines is 1. The van der Waals surface area contributed by atoms with Gasteiger partial charge in [0.05, 0.1) is 5.69 Å². The molecule has 0 aromatic carbocycles. The molecule has 0 aliphatic heterocycles. The summed E-state index contributed by atoms with van der Waals surface area (Å²) in [6.45, 7) is -1.31. The molecule has 0 radical (unpaired) electrons. The number of hydrogen-bond acceptors (Lipinski definition) is 4. The summed E-state index contributed by atoms with van der Waals surface area (Å²) in [4.78, 5) is 24.5. The molecule has 0 fully saturated rings. The molecule has 1 rings (SSSR count). The SMILES string of the molecule is O=C(CO)c1cc[nH]c1C(=O)CO. The van der Waals surface area contributed by atoms with E-state index in [1.165, 1.54) is 12.3 Å². The molecule has 3 N–H and O–H groups in total. The van der Waals surface area contributed by atoms with E-state index in [2.05, 4.69) is 4.98 Å². The van der Waals surface area contributed by atoms with Gasteiger partial charge in [0.15, 0.2) is 5.78 Å². The summed E-state index contributed by atoms with van der Waals surface area (Å²) in [5.74, 6) is -1.11. The highest BCUT2D eigenvalue weighted by Crippen LogP contribution is 2.07. The lowest BCUT2D eigenvalue weighted by atomic mass is 10.1. The van der Waals surface area contributed by atoms with Crippen LogP contribution in [0.4, 0.5) is 0 Å². The van der Waals surface area contributed by atoms with Crippen LogP contribution in [0.25, 0.3) is 0 Å². The Morgan fingerprint density at radius 2 is 1.85 bits per heavy atom. The van der Waals surface area contributed by atoms with E-state index in [0.717, 1.165) is 0 Å². The lowest BCUT2D eigenvalue weighted by Gasteiger charge is -1.97. The molecule has 0 unspecified atom stereocenters. The van der Waals surface area contributed by atoms with E-state index in [4.69, 9.17) is 10.2 Å². The molecule has 5 nitrogen and oxygen atoms in total. The fraction of sp³-hybridized carbons (Fsp3) is 0.250. The number of nitrogens with one attached hydrogen (secondary N) is 1. The number of aromatic nitrogens is 1. The number of carbonyl (C=O) groups is 2. The van der Waals surface area contributed by atoms with Gasteiger partial charge < -0.3 is 15.2 Å². The topological polar surface area (TPSA) is 90.4 Å². The molecule has 1 heterocycles. The smallest absolute Gasteiger partial charge is 0.205 e. The fourth-order valence-electron chi connectivity index (χ4n) is 0.997. The number of carbonyl (C=O) groups excluding carboxylic acids is 2. The normalized spacial score (nSPS) is 10.0. The minimum absolute atomic E-state index is 0.0431. The lowest BCUT2D eigenvalue weighted by Crippen LogP contribution is -2.13. The Bertz CT molecular complexity index is 298. The third-order valence-corrected chi connectivity index (χ3v) is 1.61. The molecule has 0 amide bonds. The van der Waals surface area contributed by atoms with Crippen molar-refractivity contribution in [2.24, 2.45) is 0 Å². The summed E-state index contributed by atoms with van der Waals surface area (Å²) in [6.07, 6.45) is 1.41. The van der Waals surface area contributed by atoms with Gasteiger partial charge in [0.2, 0.25) is 5.78 Å². The van der Waals surface area contributed by atoms with Gasteiger partial charge in [-0.3, -0.25) is 9.59 Å². The Balaban J connectivity index is 3.02. The maximum atomic E-state index is 11.0. The van der Waals surface area contributed by atoms with E-state index in [1.54, 1.807) is 0 Å². The average molecular weight is 183 g/mol. The highest BCUT2D eigenvalue weighted by atomic mass is 16.3. The number of Topliss-reactive ketones (excluding diaryl/α,β-unsaturated/α-hetero) is 2. The number of aliphatic hydroxyl groups excluding tert-OH is 2. The molecule has 0 aliphatic rings. The number of rotatable bonds is 4. The third-order valence-electron chi connectivity index (χ3n) is 1.61. The summed E-state index contributed by atoms with van der Waals surface area (Å²) in [5.41, 5.74) is 0.156. The Labute approximate surface area is 74.0 Å². The van der Waals surface area contributed by atoms with Gasteiger partial charge in [-0.05, 0) is 6.07 Å². The quantitative estimate of drug-likeness (QED) is 0.542. The van der Waals surface area contributed by atoms with Gasteiger partial charge in [0.1, 0.15) is 13.2 Å². The molecular weight excluding hydrogens is 174 g/mol. The number of aliphatic hydroxyl groups is 2. The molecule has 0 bridgehead atoms. The van der Waals surface area contributed by atoms with Gasteiger partial charge >= 0.3 is 0 Å². The summed E-state index contributed by atoms with van der Waals surface area (Å²) in [7, 11) is 0. The zero-order valence-electron chi connectivity index (χ0n) is 6.78. The minimum atomic E-state index is -0.660. The Morgan fingerprint density at radius 1 is 1.23 bits per heavy atom. The van der Waals surface area contributed by atoms with Crippen molar-refractivity contribution in [3.63, 3.8) is 0 Å². The first-order valence-corrected chi connectivity index (χ1v) is 3.66. The van der Waals surface area contributed by atoms with Gasteiger partial charge in [-0.25, -0.2) is 0 Å². The zero-order chi connectivity index (χ0) is 9.84. The van der Waals surface area contributed by atoms with Crippen molar-refractivity contribution in [1.29, 1.82) is 0 Å². The maximum absolute atomic E-state index is 11.0. The van der Waals surface area contributed by atoms with Gasteiger partial charge in [-0.1, -0.05) is 0 Å². The third kappa shape index (κ3) is 1.82. The standard InChI is InChI=1S/C8H9NO4/c10-3-6(12)5-1-2-9-8(5)7(13)4-11/h1-2,9-11H,3-4H2. The Hall–Kier alpha value is -1.46. The molecular formula is C8H9NO4. The summed E-state index contributed by atoms with van der Waals surface area (Å²) in [6, 6.07) is 1.39. The second kappa shape index (κ2) is 3.97. The van der Waals surface area contributed by atoms with Crippen LogP contribution < -0.4 is 0 Å². The van der Waals surface area contributed by atoms with E-state index in [0.29, 0.717) is 0 Å². The summed E-state index contributed by atoms with van der Waals surface area (Å²) < 4.78 is 0. The highest BCUT2D eigenvalue weighted by molar-refractivity contribution is 6.08.